The summed E-state index contributed by atoms with van der Waals surface area (Å²) in [5, 5.41) is 0. The Morgan fingerprint density at radius 1 is 1.44 bits per heavy atom. The maximum atomic E-state index is 13.5. The molecule has 1 aliphatic heterocycles. The van der Waals surface area contributed by atoms with Crippen LogP contribution in [-0.4, -0.2) is 12.4 Å². The van der Waals surface area contributed by atoms with Crippen molar-refractivity contribution in [3.8, 4) is 0 Å². The summed E-state index contributed by atoms with van der Waals surface area (Å²) in [5.41, 5.74) is 0.683. The molecule has 1 unspecified atom stereocenters. The highest BCUT2D eigenvalue weighted by molar-refractivity contribution is 5.80. The fourth-order valence-electron chi connectivity index (χ4n) is 2.01. The number of carbonyl (C=O) groups is 1. The van der Waals surface area contributed by atoms with Gasteiger partial charge in [0.15, 0.2) is 0 Å². The van der Waals surface area contributed by atoms with Crippen LogP contribution >= 0.6 is 0 Å². The van der Waals surface area contributed by atoms with Gasteiger partial charge in [0.2, 0.25) is 0 Å². The Bertz CT molecular complexity index is 428. The Morgan fingerprint density at radius 3 is 2.81 bits per heavy atom. The molecule has 86 valence electrons. The Morgan fingerprint density at radius 2 is 2.19 bits per heavy atom. The number of benzene rings is 1. The quantitative estimate of drug-likeness (QED) is 0.730. The molecule has 0 saturated carbocycles. The van der Waals surface area contributed by atoms with E-state index in [4.69, 9.17) is 4.74 Å². The van der Waals surface area contributed by atoms with Gasteiger partial charge in [0.25, 0.3) is 0 Å². The number of Topliss-reactive ketones (excluding diaryl/α,β-unsaturated/α-hetero) is 1. The second-order valence-corrected chi connectivity index (χ2v) is 4.51. The van der Waals surface area contributed by atoms with Gasteiger partial charge < -0.3 is 4.74 Å². The van der Waals surface area contributed by atoms with Crippen LogP contribution in [0.5, 0.6) is 0 Å². The van der Waals surface area contributed by atoms with Gasteiger partial charge in [-0.3, -0.25) is 4.79 Å². The van der Waals surface area contributed by atoms with Gasteiger partial charge in [-0.05, 0) is 31.0 Å². The molecule has 1 heterocycles. The average molecular weight is 222 g/mol. The van der Waals surface area contributed by atoms with E-state index < -0.39 is 5.60 Å². The minimum absolute atomic E-state index is 0.176. The Hall–Kier alpha value is -1.22. The number of hydrogen-bond acceptors (Lipinski definition) is 2. The molecule has 2 nitrogen and oxygen atoms in total. The van der Waals surface area contributed by atoms with Gasteiger partial charge in [-0.1, -0.05) is 12.1 Å². The van der Waals surface area contributed by atoms with E-state index in [-0.39, 0.29) is 11.6 Å². The van der Waals surface area contributed by atoms with Crippen molar-refractivity contribution in [2.75, 3.05) is 6.61 Å². The first-order valence-electron chi connectivity index (χ1n) is 5.43. The number of aryl methyl sites for hydroxylation is 1. The van der Waals surface area contributed by atoms with E-state index in [1.54, 1.807) is 13.0 Å². The zero-order chi connectivity index (χ0) is 11.8. The molecule has 0 aromatic heterocycles. The van der Waals surface area contributed by atoms with E-state index >= 15 is 0 Å². The Labute approximate surface area is 94.4 Å². The predicted molar refractivity (Wildman–Crippen MR) is 58.7 cm³/mol. The topological polar surface area (TPSA) is 26.3 Å². The van der Waals surface area contributed by atoms with Crippen LogP contribution in [0, 0.1) is 12.7 Å². The zero-order valence-electron chi connectivity index (χ0n) is 9.55. The molecular formula is C13H15FO2. The third-order valence-corrected chi connectivity index (χ3v) is 3.12. The van der Waals surface area contributed by atoms with Crippen molar-refractivity contribution in [3.63, 3.8) is 0 Å². The van der Waals surface area contributed by atoms with Crippen LogP contribution in [0.25, 0.3) is 0 Å². The lowest BCUT2D eigenvalue weighted by Crippen LogP contribution is -2.34. The van der Waals surface area contributed by atoms with Crippen LogP contribution in [0.3, 0.4) is 0 Å². The van der Waals surface area contributed by atoms with E-state index in [1.807, 2.05) is 13.0 Å². The average Bonchev–Trinajstić information content (AvgIpc) is 2.21. The van der Waals surface area contributed by atoms with Gasteiger partial charge in [0.1, 0.15) is 11.6 Å². The first kappa shape index (κ1) is 11.3. The number of carbonyl (C=O) groups excluding carboxylic acids is 1. The normalized spacial score (nSPS) is 25.8. The van der Waals surface area contributed by atoms with Gasteiger partial charge in [-0.2, -0.15) is 0 Å². The molecule has 0 N–H and O–H groups in total. The number of halogens is 1. The van der Waals surface area contributed by atoms with Crippen molar-refractivity contribution < 1.29 is 13.9 Å². The number of ether oxygens (including phenoxy) is 1. The fourth-order valence-corrected chi connectivity index (χ4v) is 2.01. The van der Waals surface area contributed by atoms with Crippen molar-refractivity contribution in [2.24, 2.45) is 0 Å². The van der Waals surface area contributed by atoms with E-state index in [9.17, 15) is 9.18 Å². The SMILES string of the molecule is Cc1ccc(C2(C)CC(=O)CCO2)cc1F. The zero-order valence-corrected chi connectivity index (χ0v) is 9.55. The molecule has 3 heteroatoms. The second-order valence-electron chi connectivity index (χ2n) is 4.51. The van der Waals surface area contributed by atoms with Crippen LogP contribution in [0.1, 0.15) is 30.9 Å². The summed E-state index contributed by atoms with van der Waals surface area (Å²) in [6.07, 6.45) is 0.791. The van der Waals surface area contributed by atoms with Gasteiger partial charge in [0.05, 0.1) is 12.2 Å². The van der Waals surface area contributed by atoms with Crippen molar-refractivity contribution in [2.45, 2.75) is 32.3 Å². The number of hydrogen-bond donors (Lipinski definition) is 0. The van der Waals surface area contributed by atoms with Gasteiger partial charge in [0, 0.05) is 12.8 Å². The molecule has 0 aliphatic carbocycles. The highest BCUT2D eigenvalue weighted by atomic mass is 19.1. The summed E-state index contributed by atoms with van der Waals surface area (Å²) >= 11 is 0. The molecule has 0 bridgehead atoms. The molecule has 0 amide bonds. The molecule has 0 spiro atoms. The third-order valence-electron chi connectivity index (χ3n) is 3.12. The summed E-state index contributed by atoms with van der Waals surface area (Å²) in [6.45, 7) is 3.98. The van der Waals surface area contributed by atoms with Crippen molar-refractivity contribution in [3.05, 3.63) is 35.1 Å². The maximum Gasteiger partial charge on any atom is 0.138 e. The lowest BCUT2D eigenvalue weighted by atomic mass is 9.87. The molecule has 1 atom stereocenters. The number of rotatable bonds is 1. The van der Waals surface area contributed by atoms with Crippen molar-refractivity contribution >= 4 is 5.78 Å². The summed E-state index contributed by atoms with van der Waals surface area (Å²) in [7, 11) is 0. The lowest BCUT2D eigenvalue weighted by Gasteiger charge is -2.33. The van der Waals surface area contributed by atoms with Crippen LogP contribution in [-0.2, 0) is 15.1 Å². The first-order valence-corrected chi connectivity index (χ1v) is 5.43. The van der Waals surface area contributed by atoms with Crippen molar-refractivity contribution in [1.29, 1.82) is 0 Å². The summed E-state index contributed by atoms with van der Waals surface area (Å²) in [4.78, 5) is 11.4. The smallest absolute Gasteiger partial charge is 0.138 e. The predicted octanol–water partition coefficient (Wildman–Crippen LogP) is 2.73. The minimum Gasteiger partial charge on any atom is -0.370 e. The van der Waals surface area contributed by atoms with Gasteiger partial charge in [-0.15, -0.1) is 0 Å². The summed E-state index contributed by atoms with van der Waals surface area (Å²) < 4.78 is 19.1. The molecule has 1 aromatic rings. The first-order chi connectivity index (χ1) is 7.51. The maximum absolute atomic E-state index is 13.5. The highest BCUT2D eigenvalue weighted by Crippen LogP contribution is 2.33. The Kier molecular flexibility index (Phi) is 2.80. The van der Waals surface area contributed by atoms with Crippen LogP contribution in [0.4, 0.5) is 4.39 Å². The van der Waals surface area contributed by atoms with E-state index in [1.165, 1.54) is 6.07 Å². The molecule has 0 radical (unpaired) electrons. The molecule has 1 aromatic carbocycles. The number of ketones is 1. The second kappa shape index (κ2) is 3.98. The minimum atomic E-state index is -0.663. The van der Waals surface area contributed by atoms with Crippen LogP contribution in [0.15, 0.2) is 18.2 Å². The summed E-state index contributed by atoms with van der Waals surface area (Å²) in [5.74, 6) is -0.0740. The summed E-state index contributed by atoms with van der Waals surface area (Å²) in [6, 6.07) is 5.02. The van der Waals surface area contributed by atoms with E-state index in [2.05, 4.69) is 0 Å². The molecular weight excluding hydrogens is 207 g/mol. The van der Waals surface area contributed by atoms with Crippen LogP contribution < -0.4 is 0 Å². The van der Waals surface area contributed by atoms with Crippen LogP contribution in [0.2, 0.25) is 0 Å². The monoisotopic (exact) mass is 222 g/mol. The Balaban J connectivity index is 2.34. The molecule has 1 aliphatic rings. The van der Waals surface area contributed by atoms with Gasteiger partial charge in [-0.25, -0.2) is 4.39 Å². The standard InChI is InChI=1S/C13H15FO2/c1-9-3-4-10(7-12(9)14)13(2)8-11(15)5-6-16-13/h3-4,7H,5-6,8H2,1-2H3. The highest BCUT2D eigenvalue weighted by Gasteiger charge is 2.34. The molecule has 1 saturated heterocycles. The molecule has 16 heavy (non-hydrogen) atoms. The fraction of sp³-hybridized carbons (Fsp3) is 0.462. The van der Waals surface area contributed by atoms with E-state index in [0.29, 0.717) is 25.0 Å². The molecule has 2 rings (SSSR count). The molecule has 1 fully saturated rings. The van der Waals surface area contributed by atoms with E-state index in [0.717, 1.165) is 5.56 Å². The van der Waals surface area contributed by atoms with Gasteiger partial charge >= 0.3 is 0 Å². The van der Waals surface area contributed by atoms with Crippen molar-refractivity contribution in [1.82, 2.24) is 0 Å². The third kappa shape index (κ3) is 2.00. The lowest BCUT2D eigenvalue weighted by molar-refractivity contribution is -0.138. The largest absolute Gasteiger partial charge is 0.370 e.